The lowest BCUT2D eigenvalue weighted by Gasteiger charge is -2.06. The van der Waals surface area contributed by atoms with E-state index in [0.717, 1.165) is 32.1 Å². The monoisotopic (exact) mass is 229 g/mol. The van der Waals surface area contributed by atoms with Gasteiger partial charge in [-0.05, 0) is 12.8 Å². The molecule has 97 valence electrons. The summed E-state index contributed by atoms with van der Waals surface area (Å²) in [4.78, 5) is 0. The fourth-order valence-corrected chi connectivity index (χ4v) is 2.01. The summed E-state index contributed by atoms with van der Waals surface area (Å²) in [6.45, 7) is 5.98. The first-order valence-corrected chi connectivity index (χ1v) is 7.24. The van der Waals surface area contributed by atoms with Gasteiger partial charge in [0.15, 0.2) is 0 Å². The average Bonchev–Trinajstić information content (AvgIpc) is 2.30. The van der Waals surface area contributed by atoms with E-state index in [4.69, 9.17) is 0 Å². The highest BCUT2D eigenvalue weighted by Crippen LogP contribution is 2.14. The van der Waals surface area contributed by atoms with E-state index in [1.165, 1.54) is 44.9 Å². The minimum atomic E-state index is -0.568. The topological polar surface area (TPSA) is 0 Å². The Labute approximate surface area is 102 Å². The normalized spacial score (nSPS) is 12.9. The first-order valence-electron chi connectivity index (χ1n) is 7.24. The van der Waals surface area contributed by atoms with Gasteiger partial charge in [0, 0.05) is 0 Å². The van der Waals surface area contributed by atoms with Crippen LogP contribution in [0, 0.1) is 6.92 Å². The van der Waals surface area contributed by atoms with Gasteiger partial charge in [-0.15, -0.1) is 0 Å². The van der Waals surface area contributed by atoms with Crippen molar-refractivity contribution in [2.75, 3.05) is 0 Å². The predicted octanol–water partition coefficient (Wildman–Crippen LogP) is 5.86. The van der Waals surface area contributed by atoms with Crippen LogP contribution < -0.4 is 0 Å². The molecule has 0 aromatic rings. The molecule has 0 aliphatic carbocycles. The highest BCUT2D eigenvalue weighted by atomic mass is 19.1. The first-order chi connectivity index (χ1) is 7.81. The van der Waals surface area contributed by atoms with Crippen LogP contribution in [0.1, 0.15) is 84.0 Å². The van der Waals surface area contributed by atoms with E-state index in [1.807, 2.05) is 0 Å². The van der Waals surface area contributed by atoms with Crippen molar-refractivity contribution < 1.29 is 4.39 Å². The van der Waals surface area contributed by atoms with Gasteiger partial charge in [-0.25, -0.2) is 4.39 Å². The van der Waals surface area contributed by atoms with Crippen molar-refractivity contribution in [3.8, 4) is 0 Å². The molecule has 1 heteroatoms. The van der Waals surface area contributed by atoms with Gasteiger partial charge in [0.2, 0.25) is 0 Å². The van der Waals surface area contributed by atoms with Crippen LogP contribution >= 0.6 is 0 Å². The van der Waals surface area contributed by atoms with Crippen molar-refractivity contribution in [1.82, 2.24) is 0 Å². The maximum Gasteiger partial charge on any atom is 0.100 e. The molecule has 0 amide bonds. The Balaban J connectivity index is 3.02. The van der Waals surface area contributed by atoms with Crippen molar-refractivity contribution in [2.45, 2.75) is 90.1 Å². The number of rotatable bonds is 12. The van der Waals surface area contributed by atoms with Crippen molar-refractivity contribution in [2.24, 2.45) is 0 Å². The highest BCUT2D eigenvalue weighted by Gasteiger charge is 2.04. The van der Waals surface area contributed by atoms with Crippen LogP contribution in [0.2, 0.25) is 0 Å². The van der Waals surface area contributed by atoms with Crippen LogP contribution in [-0.2, 0) is 0 Å². The standard InChI is InChI=1S/C15H30F/c1-3-5-7-8-9-10-11-12-14-15(16)13-6-4-2/h15H,2-14H2,1H3. The van der Waals surface area contributed by atoms with Crippen molar-refractivity contribution >= 4 is 0 Å². The zero-order valence-corrected chi connectivity index (χ0v) is 11.1. The summed E-state index contributed by atoms with van der Waals surface area (Å²) < 4.78 is 13.2. The average molecular weight is 229 g/mol. The summed E-state index contributed by atoms with van der Waals surface area (Å²) in [6, 6.07) is 0. The van der Waals surface area contributed by atoms with E-state index >= 15 is 0 Å². The molecule has 0 spiro atoms. The molecule has 0 heterocycles. The van der Waals surface area contributed by atoms with Gasteiger partial charge in [0.05, 0.1) is 0 Å². The van der Waals surface area contributed by atoms with Gasteiger partial charge in [0.25, 0.3) is 0 Å². The number of unbranched alkanes of at least 4 members (excludes halogenated alkanes) is 8. The first kappa shape index (κ1) is 15.9. The van der Waals surface area contributed by atoms with Gasteiger partial charge >= 0.3 is 0 Å². The fourth-order valence-electron chi connectivity index (χ4n) is 2.01. The second-order valence-corrected chi connectivity index (χ2v) is 4.86. The Morgan fingerprint density at radius 1 is 0.812 bits per heavy atom. The Morgan fingerprint density at radius 3 is 1.88 bits per heavy atom. The number of alkyl halides is 1. The second kappa shape index (κ2) is 13.0. The van der Waals surface area contributed by atoms with Gasteiger partial charge in [-0.3, -0.25) is 0 Å². The SMILES string of the molecule is [CH2]CCCC(F)CCCCCCCCCC. The smallest absolute Gasteiger partial charge is 0.100 e. The Bertz CT molecular complexity index is 123. The molecule has 0 aliphatic rings. The molecule has 1 radical (unpaired) electrons. The Hall–Kier alpha value is -0.0700. The second-order valence-electron chi connectivity index (χ2n) is 4.86. The molecule has 0 saturated heterocycles. The quantitative estimate of drug-likeness (QED) is 0.368. The van der Waals surface area contributed by atoms with Crippen LogP contribution in [0.25, 0.3) is 0 Å². The molecule has 1 unspecified atom stereocenters. The lowest BCUT2D eigenvalue weighted by atomic mass is 10.0. The van der Waals surface area contributed by atoms with E-state index in [1.54, 1.807) is 0 Å². The summed E-state index contributed by atoms with van der Waals surface area (Å²) in [5, 5.41) is 0. The minimum absolute atomic E-state index is 0.568. The summed E-state index contributed by atoms with van der Waals surface area (Å²) >= 11 is 0. The Kier molecular flexibility index (Phi) is 12.9. The molecular weight excluding hydrogens is 199 g/mol. The highest BCUT2D eigenvalue weighted by molar-refractivity contribution is 4.58. The van der Waals surface area contributed by atoms with E-state index < -0.39 is 6.17 Å². The molecule has 1 atom stereocenters. The van der Waals surface area contributed by atoms with Crippen LogP contribution in [-0.4, -0.2) is 6.17 Å². The van der Waals surface area contributed by atoms with E-state index in [0.29, 0.717) is 0 Å². The third kappa shape index (κ3) is 12.0. The lowest BCUT2D eigenvalue weighted by Crippen LogP contribution is -1.99. The lowest BCUT2D eigenvalue weighted by molar-refractivity contribution is 0.282. The van der Waals surface area contributed by atoms with Crippen molar-refractivity contribution in [1.29, 1.82) is 0 Å². The van der Waals surface area contributed by atoms with E-state index in [9.17, 15) is 4.39 Å². The van der Waals surface area contributed by atoms with Gasteiger partial charge in [-0.2, -0.15) is 0 Å². The molecule has 0 aliphatic heterocycles. The van der Waals surface area contributed by atoms with Crippen LogP contribution in [0.4, 0.5) is 4.39 Å². The largest absolute Gasteiger partial charge is 0.247 e. The number of hydrogen-bond acceptors (Lipinski definition) is 0. The molecule has 0 rings (SSSR count). The van der Waals surface area contributed by atoms with Gasteiger partial charge in [0.1, 0.15) is 6.17 Å². The molecule has 0 bridgehead atoms. The fraction of sp³-hybridized carbons (Fsp3) is 0.933. The molecule has 0 saturated carbocycles. The molecule has 0 aromatic heterocycles. The summed E-state index contributed by atoms with van der Waals surface area (Å²) in [5.41, 5.74) is 0. The van der Waals surface area contributed by atoms with E-state index in [-0.39, 0.29) is 0 Å². The number of halogens is 1. The Morgan fingerprint density at radius 2 is 1.31 bits per heavy atom. The van der Waals surface area contributed by atoms with Crippen molar-refractivity contribution in [3.63, 3.8) is 0 Å². The number of hydrogen-bond donors (Lipinski definition) is 0. The molecule has 16 heavy (non-hydrogen) atoms. The summed E-state index contributed by atoms with van der Waals surface area (Å²) in [6.07, 6.45) is 13.1. The maximum absolute atomic E-state index is 13.2. The predicted molar refractivity (Wildman–Crippen MR) is 71.3 cm³/mol. The molecular formula is C15H30F. The van der Waals surface area contributed by atoms with Crippen LogP contribution in [0.15, 0.2) is 0 Å². The van der Waals surface area contributed by atoms with Gasteiger partial charge < -0.3 is 0 Å². The zero-order valence-electron chi connectivity index (χ0n) is 11.1. The third-order valence-electron chi connectivity index (χ3n) is 3.14. The van der Waals surface area contributed by atoms with Gasteiger partial charge in [-0.1, -0.05) is 78.1 Å². The third-order valence-corrected chi connectivity index (χ3v) is 3.14. The zero-order chi connectivity index (χ0) is 12.1. The van der Waals surface area contributed by atoms with E-state index in [2.05, 4.69) is 13.8 Å². The minimum Gasteiger partial charge on any atom is -0.247 e. The summed E-state index contributed by atoms with van der Waals surface area (Å²) in [5.74, 6) is 0. The molecule has 0 fully saturated rings. The van der Waals surface area contributed by atoms with Crippen molar-refractivity contribution in [3.05, 3.63) is 6.92 Å². The van der Waals surface area contributed by atoms with Crippen LogP contribution in [0.5, 0.6) is 0 Å². The molecule has 0 nitrogen and oxygen atoms in total. The van der Waals surface area contributed by atoms with Crippen LogP contribution in [0.3, 0.4) is 0 Å². The molecule has 0 aromatic carbocycles. The summed E-state index contributed by atoms with van der Waals surface area (Å²) in [7, 11) is 0. The molecule has 0 N–H and O–H groups in total. The maximum atomic E-state index is 13.2.